The van der Waals surface area contributed by atoms with Crippen molar-refractivity contribution in [1.29, 1.82) is 0 Å². The minimum Gasteiger partial charge on any atom is -0.494 e. The second-order valence-corrected chi connectivity index (χ2v) is 3.55. The molecule has 0 saturated carbocycles. The Bertz CT molecular complexity index is 550. The van der Waals surface area contributed by atoms with Crippen LogP contribution in [0.1, 0.15) is 13.2 Å². The molecule has 0 aliphatic rings. The zero-order chi connectivity index (χ0) is 12.4. The normalized spacial score (nSPS) is 12.6. The third-order valence-electron chi connectivity index (χ3n) is 2.45. The van der Waals surface area contributed by atoms with Crippen LogP contribution in [0.3, 0.4) is 0 Å². The summed E-state index contributed by atoms with van der Waals surface area (Å²) in [6, 6.07) is 6.75. The minimum atomic E-state index is -2.06. The van der Waals surface area contributed by atoms with Crippen LogP contribution < -0.4 is 4.74 Å². The number of carboxylic acid groups (broad SMARTS) is 1. The van der Waals surface area contributed by atoms with Crippen molar-refractivity contribution in [3.63, 3.8) is 0 Å². The van der Waals surface area contributed by atoms with Crippen molar-refractivity contribution in [3.8, 4) is 5.75 Å². The maximum absolute atomic E-state index is 13.4. The van der Waals surface area contributed by atoms with Gasteiger partial charge in [0.1, 0.15) is 5.75 Å². The summed E-state index contributed by atoms with van der Waals surface area (Å²) in [6.45, 7) is 2.42. The molecule has 0 saturated heterocycles. The highest BCUT2D eigenvalue weighted by atomic mass is 19.1. The van der Waals surface area contributed by atoms with Gasteiger partial charge in [-0.2, -0.15) is 0 Å². The van der Waals surface area contributed by atoms with E-state index in [1.54, 1.807) is 24.3 Å². The van der Waals surface area contributed by atoms with E-state index < -0.39 is 12.3 Å². The van der Waals surface area contributed by atoms with Gasteiger partial charge in [0.2, 0.25) is 0 Å². The number of aliphatic carboxylic acids is 1. The number of hydrogen-bond donors (Lipinski definition) is 1. The van der Waals surface area contributed by atoms with Gasteiger partial charge in [-0.1, -0.05) is 0 Å². The molecule has 0 amide bonds. The highest BCUT2D eigenvalue weighted by molar-refractivity contribution is 5.83. The summed E-state index contributed by atoms with van der Waals surface area (Å²) >= 11 is 0. The Morgan fingerprint density at radius 3 is 2.94 bits per heavy atom. The predicted molar refractivity (Wildman–Crippen MR) is 60.9 cm³/mol. The summed E-state index contributed by atoms with van der Waals surface area (Å²) in [6.07, 6.45) is -0.649. The molecule has 2 aromatic rings. The summed E-state index contributed by atoms with van der Waals surface area (Å²) in [7, 11) is 0. The van der Waals surface area contributed by atoms with Gasteiger partial charge < -0.3 is 14.4 Å². The first-order valence-electron chi connectivity index (χ1n) is 5.23. The Kier molecular flexibility index (Phi) is 2.99. The van der Waals surface area contributed by atoms with Crippen LogP contribution in [-0.4, -0.2) is 22.2 Å². The lowest BCUT2D eigenvalue weighted by Crippen LogP contribution is -2.12. The fraction of sp³-hybridized carbons (Fsp3) is 0.250. The fourth-order valence-electron chi connectivity index (χ4n) is 1.72. The van der Waals surface area contributed by atoms with Crippen LogP contribution in [0, 0.1) is 0 Å². The molecule has 1 atom stereocenters. The number of benzene rings is 1. The first kappa shape index (κ1) is 11.4. The Balaban J connectivity index is 2.44. The summed E-state index contributed by atoms with van der Waals surface area (Å²) in [5.41, 5.74) is 0.531. The van der Waals surface area contributed by atoms with Crippen LogP contribution in [0.15, 0.2) is 30.5 Å². The monoisotopic (exact) mass is 237 g/mol. The molecule has 0 aliphatic heterocycles. The largest absolute Gasteiger partial charge is 0.494 e. The van der Waals surface area contributed by atoms with Crippen molar-refractivity contribution in [2.45, 2.75) is 13.2 Å². The average molecular weight is 237 g/mol. The van der Waals surface area contributed by atoms with E-state index in [0.717, 1.165) is 9.95 Å². The van der Waals surface area contributed by atoms with Gasteiger partial charge in [-0.3, -0.25) is 0 Å². The van der Waals surface area contributed by atoms with E-state index in [4.69, 9.17) is 9.84 Å². The summed E-state index contributed by atoms with van der Waals surface area (Å²) in [4.78, 5) is 10.6. The van der Waals surface area contributed by atoms with E-state index >= 15 is 0 Å². The highest BCUT2D eigenvalue weighted by Gasteiger charge is 2.19. The number of fused-ring (bicyclic) bond motifs is 1. The maximum Gasteiger partial charge on any atom is 0.359 e. The van der Waals surface area contributed by atoms with E-state index in [1.165, 1.54) is 6.20 Å². The molecule has 0 fully saturated rings. The molecule has 0 radical (unpaired) electrons. The molecule has 4 nitrogen and oxygen atoms in total. The van der Waals surface area contributed by atoms with Crippen LogP contribution in [-0.2, 0) is 4.79 Å². The quantitative estimate of drug-likeness (QED) is 0.889. The molecular weight excluding hydrogens is 225 g/mol. The van der Waals surface area contributed by atoms with E-state index in [0.29, 0.717) is 17.9 Å². The van der Waals surface area contributed by atoms with Crippen LogP contribution in [0.5, 0.6) is 5.75 Å². The molecular formula is C12H12FNO3. The van der Waals surface area contributed by atoms with Crippen molar-refractivity contribution in [2.75, 3.05) is 6.61 Å². The van der Waals surface area contributed by atoms with Crippen molar-refractivity contribution < 1.29 is 19.0 Å². The van der Waals surface area contributed by atoms with Crippen LogP contribution >= 0.6 is 0 Å². The molecule has 90 valence electrons. The van der Waals surface area contributed by atoms with E-state index in [2.05, 4.69) is 0 Å². The first-order valence-corrected chi connectivity index (χ1v) is 5.23. The third kappa shape index (κ3) is 2.08. The Hall–Kier alpha value is -2.04. The number of alkyl halides is 1. The predicted octanol–water partition coefficient (Wildman–Crippen LogP) is 2.59. The zero-order valence-electron chi connectivity index (χ0n) is 9.26. The number of rotatable bonds is 4. The number of nitrogens with zero attached hydrogens (tertiary/aromatic N) is 1. The Labute approximate surface area is 97.2 Å². The van der Waals surface area contributed by atoms with Gasteiger partial charge >= 0.3 is 5.97 Å². The minimum absolute atomic E-state index is 0.531. The maximum atomic E-state index is 13.4. The summed E-state index contributed by atoms with van der Waals surface area (Å²) < 4.78 is 19.8. The van der Waals surface area contributed by atoms with Crippen LogP contribution in [0.4, 0.5) is 4.39 Å². The zero-order valence-corrected chi connectivity index (χ0v) is 9.26. The Morgan fingerprint density at radius 2 is 2.29 bits per heavy atom. The topological polar surface area (TPSA) is 51.5 Å². The number of carbonyl (C=O) groups is 1. The van der Waals surface area contributed by atoms with Crippen molar-refractivity contribution >= 4 is 16.9 Å². The number of carboxylic acids is 1. The number of aromatic nitrogens is 1. The second kappa shape index (κ2) is 4.45. The number of halogens is 1. The van der Waals surface area contributed by atoms with Crippen molar-refractivity contribution in [3.05, 3.63) is 30.5 Å². The molecule has 1 unspecified atom stereocenters. The molecule has 1 aromatic carbocycles. The lowest BCUT2D eigenvalue weighted by molar-refractivity contribution is -0.146. The van der Waals surface area contributed by atoms with Gasteiger partial charge in [0, 0.05) is 11.6 Å². The first-order chi connectivity index (χ1) is 8.13. The highest BCUT2D eigenvalue weighted by Crippen LogP contribution is 2.25. The van der Waals surface area contributed by atoms with Gasteiger partial charge in [0.15, 0.2) is 0 Å². The van der Waals surface area contributed by atoms with Gasteiger partial charge in [-0.15, -0.1) is 0 Å². The van der Waals surface area contributed by atoms with Gasteiger partial charge in [-0.25, -0.2) is 9.18 Å². The molecule has 17 heavy (non-hydrogen) atoms. The molecule has 0 spiro atoms. The molecule has 0 bridgehead atoms. The van der Waals surface area contributed by atoms with Crippen LogP contribution in [0.25, 0.3) is 10.9 Å². The smallest absolute Gasteiger partial charge is 0.359 e. The number of hydrogen-bond acceptors (Lipinski definition) is 2. The van der Waals surface area contributed by atoms with Crippen molar-refractivity contribution in [2.24, 2.45) is 0 Å². The lowest BCUT2D eigenvalue weighted by Gasteiger charge is -2.07. The molecule has 1 N–H and O–H groups in total. The Morgan fingerprint density at radius 1 is 1.53 bits per heavy atom. The average Bonchev–Trinajstić information content (AvgIpc) is 2.71. The van der Waals surface area contributed by atoms with Gasteiger partial charge in [-0.05, 0) is 31.2 Å². The summed E-state index contributed by atoms with van der Waals surface area (Å²) in [5.74, 6) is -0.820. The SMILES string of the molecule is CCOc1ccc2c(ccn2C(F)C(=O)O)c1. The standard InChI is InChI=1S/C12H12FNO3/c1-2-17-9-3-4-10-8(7-9)5-6-14(10)11(13)12(15)16/h3-7,11H,2H2,1H3,(H,15,16). The molecule has 5 heteroatoms. The van der Waals surface area contributed by atoms with E-state index in [1.807, 2.05) is 6.92 Å². The molecule has 1 aromatic heterocycles. The molecule has 0 aliphatic carbocycles. The molecule has 2 rings (SSSR count). The number of ether oxygens (including phenoxy) is 1. The van der Waals surface area contributed by atoms with E-state index in [9.17, 15) is 9.18 Å². The summed E-state index contributed by atoms with van der Waals surface area (Å²) in [5, 5.41) is 9.38. The van der Waals surface area contributed by atoms with E-state index in [-0.39, 0.29) is 0 Å². The third-order valence-corrected chi connectivity index (χ3v) is 2.45. The van der Waals surface area contributed by atoms with Crippen LogP contribution in [0.2, 0.25) is 0 Å². The van der Waals surface area contributed by atoms with Gasteiger partial charge in [0.05, 0.1) is 12.1 Å². The lowest BCUT2D eigenvalue weighted by atomic mass is 10.2. The molecule has 1 heterocycles. The van der Waals surface area contributed by atoms with Crippen molar-refractivity contribution in [1.82, 2.24) is 4.57 Å². The second-order valence-electron chi connectivity index (χ2n) is 3.55. The fourth-order valence-corrected chi connectivity index (χ4v) is 1.72. The van der Waals surface area contributed by atoms with Gasteiger partial charge in [0.25, 0.3) is 6.30 Å².